The van der Waals surface area contributed by atoms with Crippen molar-refractivity contribution in [2.24, 2.45) is 4.99 Å². The molecule has 4 rings (SSSR count). The summed E-state index contributed by atoms with van der Waals surface area (Å²) in [4.78, 5) is 21.5. The van der Waals surface area contributed by atoms with E-state index in [1.165, 1.54) is 12.1 Å². The molecule has 0 bridgehead atoms. The lowest BCUT2D eigenvalue weighted by Gasteiger charge is -2.13. The molecule has 6 nitrogen and oxygen atoms in total. The van der Waals surface area contributed by atoms with Gasteiger partial charge in [0.1, 0.15) is 5.82 Å². The zero-order valence-corrected chi connectivity index (χ0v) is 18.3. The third kappa shape index (κ3) is 5.62. The largest absolute Gasteiger partial charge is 0.355 e. The van der Waals surface area contributed by atoms with Crippen molar-refractivity contribution in [1.82, 2.24) is 20.9 Å². The summed E-state index contributed by atoms with van der Waals surface area (Å²) in [5, 5.41) is 9.58. The Morgan fingerprint density at radius 1 is 1.09 bits per heavy atom. The van der Waals surface area contributed by atoms with E-state index in [1.807, 2.05) is 37.3 Å². The fraction of sp³-hybridized carbons (Fsp3) is 0.208. The van der Waals surface area contributed by atoms with Crippen LogP contribution in [0, 0.1) is 12.7 Å². The molecule has 0 saturated carbocycles. The van der Waals surface area contributed by atoms with Gasteiger partial charge in [-0.05, 0) is 77.7 Å². The summed E-state index contributed by atoms with van der Waals surface area (Å²) in [5.41, 5.74) is 4.82. The number of hydrogen-bond donors (Lipinski definition) is 3. The first-order valence-corrected chi connectivity index (χ1v) is 10.7. The molecule has 0 fully saturated rings. The average molecular weight is 452 g/mol. The molecule has 32 heavy (non-hydrogen) atoms. The molecule has 0 radical (unpaired) electrons. The average Bonchev–Trinajstić information content (AvgIpc) is 3.29. The lowest BCUT2D eigenvalue weighted by molar-refractivity contribution is 0.0950. The van der Waals surface area contributed by atoms with E-state index in [-0.39, 0.29) is 12.5 Å². The number of halogens is 2. The number of carbonyl (C=O) groups is 1. The standard InChI is InChI=1S/C24H23ClFN5O/c1-15-6-18(2-3-27-15)19-7-16(14-31-24-28-4-5-29-24)8-20(11-19)23(32)30-13-17-9-21(25)12-22(26)10-17/h2-3,6-12H,4-5,13-14H2,1H3,(H,30,32)(H2,28,29,31). The van der Waals surface area contributed by atoms with E-state index in [2.05, 4.69) is 25.9 Å². The second kappa shape index (κ2) is 9.78. The molecule has 0 spiro atoms. The number of nitrogens with one attached hydrogen (secondary N) is 3. The zero-order valence-electron chi connectivity index (χ0n) is 17.6. The quantitative estimate of drug-likeness (QED) is 0.532. The molecule has 2 aromatic carbocycles. The SMILES string of the molecule is Cc1cc(-c2cc(CNC3=NCCN3)cc(C(=O)NCc3cc(F)cc(Cl)c3)c2)ccn1. The maximum absolute atomic E-state index is 13.6. The number of aromatic nitrogens is 1. The van der Waals surface area contributed by atoms with Crippen LogP contribution in [-0.4, -0.2) is 29.9 Å². The van der Waals surface area contributed by atoms with Gasteiger partial charge in [0.05, 0.1) is 6.54 Å². The number of nitrogens with zero attached hydrogens (tertiary/aromatic N) is 2. The van der Waals surface area contributed by atoms with Crippen LogP contribution in [0.5, 0.6) is 0 Å². The molecule has 2 heterocycles. The topological polar surface area (TPSA) is 78.4 Å². The molecule has 1 aliphatic heterocycles. The van der Waals surface area contributed by atoms with Gasteiger partial charge in [0.2, 0.25) is 0 Å². The molecule has 0 unspecified atom stereocenters. The van der Waals surface area contributed by atoms with Gasteiger partial charge in [0.15, 0.2) is 5.96 Å². The number of amides is 1. The van der Waals surface area contributed by atoms with E-state index < -0.39 is 5.82 Å². The minimum atomic E-state index is -0.436. The van der Waals surface area contributed by atoms with E-state index in [4.69, 9.17) is 11.6 Å². The lowest BCUT2D eigenvalue weighted by Crippen LogP contribution is -2.33. The fourth-order valence-electron chi connectivity index (χ4n) is 3.52. The van der Waals surface area contributed by atoms with Crippen molar-refractivity contribution >= 4 is 23.5 Å². The Morgan fingerprint density at radius 3 is 2.69 bits per heavy atom. The minimum absolute atomic E-state index is 0.170. The molecule has 164 valence electrons. The van der Waals surface area contributed by atoms with E-state index in [9.17, 15) is 9.18 Å². The highest BCUT2D eigenvalue weighted by Gasteiger charge is 2.12. The summed E-state index contributed by atoms with van der Waals surface area (Å²) in [6.07, 6.45) is 1.75. The second-order valence-electron chi connectivity index (χ2n) is 7.58. The van der Waals surface area contributed by atoms with Gasteiger partial charge in [-0.25, -0.2) is 4.39 Å². The Kier molecular flexibility index (Phi) is 6.66. The number of benzene rings is 2. The van der Waals surface area contributed by atoms with Crippen molar-refractivity contribution in [2.75, 3.05) is 13.1 Å². The van der Waals surface area contributed by atoms with E-state index in [1.54, 1.807) is 12.3 Å². The highest BCUT2D eigenvalue weighted by atomic mass is 35.5. The summed E-state index contributed by atoms with van der Waals surface area (Å²) < 4.78 is 13.6. The third-order valence-electron chi connectivity index (χ3n) is 4.99. The molecular formula is C24H23ClFN5O. The van der Waals surface area contributed by atoms with Gasteiger partial charge >= 0.3 is 0 Å². The van der Waals surface area contributed by atoms with Gasteiger partial charge in [-0.3, -0.25) is 14.8 Å². The van der Waals surface area contributed by atoms with Gasteiger partial charge in [-0.15, -0.1) is 0 Å². The van der Waals surface area contributed by atoms with Gasteiger partial charge in [0.25, 0.3) is 5.91 Å². The zero-order chi connectivity index (χ0) is 22.5. The Morgan fingerprint density at radius 2 is 1.94 bits per heavy atom. The molecule has 8 heteroatoms. The van der Waals surface area contributed by atoms with Crippen LogP contribution in [0.1, 0.15) is 27.2 Å². The number of pyridine rings is 1. The first kappa shape index (κ1) is 21.8. The molecular weight excluding hydrogens is 429 g/mol. The molecule has 1 aromatic heterocycles. The molecule has 1 aliphatic rings. The maximum atomic E-state index is 13.6. The van der Waals surface area contributed by atoms with E-state index in [0.29, 0.717) is 22.7 Å². The molecule has 3 N–H and O–H groups in total. The Hall–Kier alpha value is -3.45. The van der Waals surface area contributed by atoms with Gasteiger partial charge in [-0.1, -0.05) is 11.6 Å². The van der Waals surface area contributed by atoms with Crippen molar-refractivity contribution in [1.29, 1.82) is 0 Å². The second-order valence-corrected chi connectivity index (χ2v) is 8.01. The predicted octanol–water partition coefficient (Wildman–Crippen LogP) is 3.83. The number of aliphatic imine (C=N–C) groups is 1. The molecule has 1 amide bonds. The summed E-state index contributed by atoms with van der Waals surface area (Å²) in [6.45, 7) is 4.18. The van der Waals surface area contributed by atoms with Crippen LogP contribution < -0.4 is 16.0 Å². The Labute approximate surface area is 190 Å². The highest BCUT2D eigenvalue weighted by molar-refractivity contribution is 6.30. The van der Waals surface area contributed by atoms with Crippen molar-refractivity contribution in [3.63, 3.8) is 0 Å². The van der Waals surface area contributed by atoms with E-state index in [0.717, 1.165) is 41.4 Å². The Balaban J connectivity index is 1.57. The number of hydrogen-bond acceptors (Lipinski definition) is 5. The van der Waals surface area contributed by atoms with Crippen LogP contribution in [-0.2, 0) is 13.1 Å². The molecule has 0 atom stereocenters. The van der Waals surface area contributed by atoms with Crippen molar-refractivity contribution < 1.29 is 9.18 Å². The smallest absolute Gasteiger partial charge is 0.251 e. The van der Waals surface area contributed by atoms with Crippen molar-refractivity contribution in [2.45, 2.75) is 20.0 Å². The summed E-state index contributed by atoms with van der Waals surface area (Å²) in [5.74, 6) is 0.0633. The summed E-state index contributed by atoms with van der Waals surface area (Å²) in [7, 11) is 0. The van der Waals surface area contributed by atoms with Crippen LogP contribution in [0.25, 0.3) is 11.1 Å². The van der Waals surface area contributed by atoms with Gasteiger partial charge in [-0.2, -0.15) is 0 Å². The molecule has 3 aromatic rings. The summed E-state index contributed by atoms with van der Waals surface area (Å²) >= 11 is 5.91. The number of carbonyl (C=O) groups excluding carboxylic acids is 1. The van der Waals surface area contributed by atoms with Crippen LogP contribution >= 0.6 is 11.6 Å². The minimum Gasteiger partial charge on any atom is -0.355 e. The lowest BCUT2D eigenvalue weighted by atomic mass is 9.99. The van der Waals surface area contributed by atoms with Crippen molar-refractivity contribution in [3.8, 4) is 11.1 Å². The van der Waals surface area contributed by atoms with Crippen molar-refractivity contribution in [3.05, 3.63) is 88.0 Å². The van der Waals surface area contributed by atoms with E-state index >= 15 is 0 Å². The number of aryl methyl sites for hydroxylation is 1. The first-order valence-electron chi connectivity index (χ1n) is 10.3. The third-order valence-corrected chi connectivity index (χ3v) is 5.21. The van der Waals surface area contributed by atoms with Gasteiger partial charge < -0.3 is 16.0 Å². The normalized spacial score (nSPS) is 12.8. The monoisotopic (exact) mass is 451 g/mol. The molecule has 0 saturated heterocycles. The summed E-state index contributed by atoms with van der Waals surface area (Å²) in [6, 6.07) is 13.8. The maximum Gasteiger partial charge on any atom is 0.251 e. The first-order chi connectivity index (χ1) is 15.5. The van der Waals surface area contributed by atoms with Gasteiger partial charge in [0, 0.05) is 42.1 Å². The van der Waals surface area contributed by atoms with Crippen LogP contribution in [0.2, 0.25) is 5.02 Å². The van der Waals surface area contributed by atoms with Crippen LogP contribution in [0.4, 0.5) is 4.39 Å². The van der Waals surface area contributed by atoms with Crippen LogP contribution in [0.15, 0.2) is 59.7 Å². The highest BCUT2D eigenvalue weighted by Crippen LogP contribution is 2.23. The Bertz CT molecular complexity index is 1160. The number of rotatable bonds is 6. The predicted molar refractivity (Wildman–Crippen MR) is 124 cm³/mol. The van der Waals surface area contributed by atoms with Crippen LogP contribution in [0.3, 0.4) is 0 Å². The number of guanidine groups is 1. The molecule has 0 aliphatic carbocycles. The fourth-order valence-corrected chi connectivity index (χ4v) is 3.76.